The van der Waals surface area contributed by atoms with Gasteiger partial charge in [0.2, 0.25) is 0 Å². The van der Waals surface area contributed by atoms with E-state index in [2.05, 4.69) is 42.6 Å². The summed E-state index contributed by atoms with van der Waals surface area (Å²) in [6.07, 6.45) is 0. The summed E-state index contributed by atoms with van der Waals surface area (Å²) in [5.74, 6) is -0.824. The molecule has 1 aromatic heterocycles. The highest BCUT2D eigenvalue weighted by Crippen LogP contribution is 2.28. The van der Waals surface area contributed by atoms with Gasteiger partial charge in [-0.25, -0.2) is 0 Å². The number of carboxylic acid groups (broad SMARTS) is 1. The highest BCUT2D eigenvalue weighted by molar-refractivity contribution is 7.15. The van der Waals surface area contributed by atoms with Gasteiger partial charge in [-0.15, -0.1) is 11.3 Å². The highest BCUT2D eigenvalue weighted by Gasteiger charge is 2.10. The van der Waals surface area contributed by atoms with E-state index in [4.69, 9.17) is 5.11 Å². The first-order valence-corrected chi connectivity index (χ1v) is 7.00. The fraction of sp³-hybridized carbons (Fsp3) is 0.267. The molecule has 1 unspecified atom stereocenters. The SMILES string of the molecule is Cc1ccc(-c2ccc(CNC(C)C(=O)O)s2)cc1. The fourth-order valence-electron chi connectivity index (χ4n) is 1.69. The van der Waals surface area contributed by atoms with E-state index in [1.54, 1.807) is 18.3 Å². The zero-order chi connectivity index (χ0) is 13.8. The Morgan fingerprint density at radius 1 is 1.26 bits per heavy atom. The number of hydrogen-bond donors (Lipinski definition) is 2. The zero-order valence-corrected chi connectivity index (χ0v) is 11.8. The third-order valence-electron chi connectivity index (χ3n) is 2.95. The van der Waals surface area contributed by atoms with Gasteiger partial charge in [0.25, 0.3) is 0 Å². The van der Waals surface area contributed by atoms with Crippen molar-refractivity contribution in [3.8, 4) is 10.4 Å². The van der Waals surface area contributed by atoms with Crippen LogP contribution in [0.3, 0.4) is 0 Å². The molecule has 0 aliphatic rings. The van der Waals surface area contributed by atoms with Crippen molar-refractivity contribution < 1.29 is 9.90 Å². The van der Waals surface area contributed by atoms with Gasteiger partial charge in [0.15, 0.2) is 0 Å². The van der Waals surface area contributed by atoms with Crippen molar-refractivity contribution in [3.05, 3.63) is 46.8 Å². The molecule has 1 atom stereocenters. The summed E-state index contributed by atoms with van der Waals surface area (Å²) in [5.41, 5.74) is 2.45. The topological polar surface area (TPSA) is 49.3 Å². The second kappa shape index (κ2) is 5.99. The van der Waals surface area contributed by atoms with E-state index in [9.17, 15) is 4.79 Å². The van der Waals surface area contributed by atoms with Crippen LogP contribution in [0, 0.1) is 6.92 Å². The molecule has 2 rings (SSSR count). The molecule has 0 amide bonds. The van der Waals surface area contributed by atoms with Crippen LogP contribution in [0.4, 0.5) is 0 Å². The third kappa shape index (κ3) is 3.66. The van der Waals surface area contributed by atoms with Crippen molar-refractivity contribution in [1.29, 1.82) is 0 Å². The maximum absolute atomic E-state index is 10.7. The van der Waals surface area contributed by atoms with Crippen LogP contribution in [-0.2, 0) is 11.3 Å². The van der Waals surface area contributed by atoms with Gasteiger partial charge >= 0.3 is 5.97 Å². The monoisotopic (exact) mass is 275 g/mol. The number of thiophene rings is 1. The number of carboxylic acids is 1. The number of aliphatic carboxylic acids is 1. The lowest BCUT2D eigenvalue weighted by atomic mass is 10.1. The van der Waals surface area contributed by atoms with Crippen LogP contribution in [0.5, 0.6) is 0 Å². The number of aryl methyl sites for hydroxylation is 1. The van der Waals surface area contributed by atoms with E-state index >= 15 is 0 Å². The van der Waals surface area contributed by atoms with Crippen LogP contribution < -0.4 is 5.32 Å². The Labute approximate surface area is 116 Å². The molecule has 2 N–H and O–H groups in total. The molecule has 19 heavy (non-hydrogen) atoms. The average Bonchev–Trinajstić information content (AvgIpc) is 2.85. The summed E-state index contributed by atoms with van der Waals surface area (Å²) >= 11 is 1.69. The van der Waals surface area contributed by atoms with Crippen LogP contribution in [0.25, 0.3) is 10.4 Å². The minimum Gasteiger partial charge on any atom is -0.480 e. The first-order valence-electron chi connectivity index (χ1n) is 6.18. The van der Waals surface area contributed by atoms with Crippen LogP contribution in [0.2, 0.25) is 0 Å². The van der Waals surface area contributed by atoms with Crippen LogP contribution in [0.15, 0.2) is 36.4 Å². The lowest BCUT2D eigenvalue weighted by molar-refractivity contribution is -0.139. The third-order valence-corrected chi connectivity index (χ3v) is 4.08. The quantitative estimate of drug-likeness (QED) is 0.880. The fourth-order valence-corrected chi connectivity index (χ4v) is 2.65. The summed E-state index contributed by atoms with van der Waals surface area (Å²) < 4.78 is 0. The van der Waals surface area contributed by atoms with E-state index in [1.165, 1.54) is 16.0 Å². The predicted molar refractivity (Wildman–Crippen MR) is 78.4 cm³/mol. The van der Waals surface area contributed by atoms with E-state index < -0.39 is 12.0 Å². The molecule has 0 radical (unpaired) electrons. The summed E-state index contributed by atoms with van der Waals surface area (Å²) in [6.45, 7) is 4.31. The number of nitrogens with one attached hydrogen (secondary N) is 1. The number of hydrogen-bond acceptors (Lipinski definition) is 3. The largest absolute Gasteiger partial charge is 0.480 e. The molecular formula is C15H17NO2S. The molecule has 3 nitrogen and oxygen atoms in total. The van der Waals surface area contributed by atoms with Gasteiger partial charge in [0.05, 0.1) is 0 Å². The maximum atomic E-state index is 10.7. The first-order chi connectivity index (χ1) is 9.06. The molecule has 0 saturated carbocycles. The summed E-state index contributed by atoms with van der Waals surface area (Å²) in [5, 5.41) is 11.8. The van der Waals surface area contributed by atoms with Gasteiger partial charge in [-0.1, -0.05) is 29.8 Å². The van der Waals surface area contributed by atoms with E-state index in [0.717, 1.165) is 4.88 Å². The van der Waals surface area contributed by atoms with E-state index in [0.29, 0.717) is 6.54 Å². The van der Waals surface area contributed by atoms with Crippen molar-refractivity contribution in [3.63, 3.8) is 0 Å². The Balaban J connectivity index is 2.03. The highest BCUT2D eigenvalue weighted by atomic mass is 32.1. The van der Waals surface area contributed by atoms with Gasteiger partial charge in [-0.3, -0.25) is 10.1 Å². The molecule has 0 aliphatic carbocycles. The minimum atomic E-state index is -0.824. The summed E-state index contributed by atoms with van der Waals surface area (Å²) in [6, 6.07) is 12.0. The average molecular weight is 275 g/mol. The number of carbonyl (C=O) groups is 1. The van der Waals surface area contributed by atoms with Gasteiger partial charge in [-0.05, 0) is 31.5 Å². The van der Waals surface area contributed by atoms with Crippen LogP contribution in [0.1, 0.15) is 17.4 Å². The van der Waals surface area contributed by atoms with Crippen molar-refractivity contribution in [2.24, 2.45) is 0 Å². The molecular weight excluding hydrogens is 258 g/mol. The van der Waals surface area contributed by atoms with E-state index in [1.807, 2.05) is 6.07 Å². The smallest absolute Gasteiger partial charge is 0.320 e. The lowest BCUT2D eigenvalue weighted by Crippen LogP contribution is -2.32. The lowest BCUT2D eigenvalue weighted by Gasteiger charge is -2.06. The molecule has 0 saturated heterocycles. The Bertz CT molecular complexity index is 560. The second-order valence-corrected chi connectivity index (χ2v) is 5.74. The molecule has 0 bridgehead atoms. The summed E-state index contributed by atoms with van der Waals surface area (Å²) in [4.78, 5) is 13.1. The van der Waals surface area contributed by atoms with Crippen molar-refractivity contribution >= 4 is 17.3 Å². The van der Waals surface area contributed by atoms with Crippen molar-refractivity contribution in [2.45, 2.75) is 26.4 Å². The molecule has 4 heteroatoms. The summed E-state index contributed by atoms with van der Waals surface area (Å²) in [7, 11) is 0. The maximum Gasteiger partial charge on any atom is 0.320 e. The molecule has 0 aliphatic heterocycles. The number of rotatable bonds is 5. The first kappa shape index (κ1) is 13.8. The predicted octanol–water partition coefficient (Wildman–Crippen LogP) is 3.29. The molecule has 1 aromatic carbocycles. The minimum absolute atomic E-state index is 0.523. The van der Waals surface area contributed by atoms with E-state index in [-0.39, 0.29) is 0 Å². The Hall–Kier alpha value is -1.65. The van der Waals surface area contributed by atoms with Gasteiger partial charge in [-0.2, -0.15) is 0 Å². The molecule has 2 aromatic rings. The van der Waals surface area contributed by atoms with Gasteiger partial charge in [0, 0.05) is 16.3 Å². The molecule has 100 valence electrons. The van der Waals surface area contributed by atoms with Crippen LogP contribution >= 0.6 is 11.3 Å². The van der Waals surface area contributed by atoms with Crippen molar-refractivity contribution in [2.75, 3.05) is 0 Å². The Kier molecular flexibility index (Phi) is 4.35. The van der Waals surface area contributed by atoms with Gasteiger partial charge in [0.1, 0.15) is 6.04 Å². The van der Waals surface area contributed by atoms with Crippen molar-refractivity contribution in [1.82, 2.24) is 5.32 Å². The normalized spacial score (nSPS) is 12.3. The molecule has 1 heterocycles. The molecule has 0 fully saturated rings. The molecule has 0 spiro atoms. The van der Waals surface area contributed by atoms with Crippen LogP contribution in [-0.4, -0.2) is 17.1 Å². The number of benzene rings is 1. The van der Waals surface area contributed by atoms with Gasteiger partial charge < -0.3 is 5.11 Å². The second-order valence-electron chi connectivity index (χ2n) is 4.57. The zero-order valence-electron chi connectivity index (χ0n) is 11.0. The standard InChI is InChI=1S/C15H17NO2S/c1-10-3-5-12(6-4-10)14-8-7-13(19-14)9-16-11(2)15(17)18/h3-8,11,16H,9H2,1-2H3,(H,17,18). The Morgan fingerprint density at radius 2 is 1.95 bits per heavy atom. The Morgan fingerprint density at radius 3 is 2.58 bits per heavy atom.